The molecule has 0 heterocycles. The normalized spacial score (nSPS) is 12.0. The molecule has 0 saturated heterocycles. The van der Waals surface area contributed by atoms with Gasteiger partial charge in [0.1, 0.15) is 18.2 Å². The summed E-state index contributed by atoms with van der Waals surface area (Å²) in [6, 6.07) is 25.3. The lowest BCUT2D eigenvalue weighted by Crippen LogP contribution is -2.19. The van der Waals surface area contributed by atoms with Crippen LogP contribution in [0.25, 0.3) is 11.1 Å². The Bertz CT molecular complexity index is 929. The number of hydrogen-bond donors (Lipinski definition) is 0. The van der Waals surface area contributed by atoms with Crippen LogP contribution < -0.4 is 4.74 Å². The van der Waals surface area contributed by atoms with E-state index in [-0.39, 0.29) is 5.82 Å². The van der Waals surface area contributed by atoms with Crippen LogP contribution in [-0.2, 0) is 0 Å². The molecule has 0 N–H and O–H groups in total. The average molecular weight is 390 g/mol. The number of allylic oxidation sites excluding steroid dienone is 1. The molecule has 0 unspecified atom stereocenters. The van der Waals surface area contributed by atoms with Crippen LogP contribution in [-0.4, -0.2) is 32.1 Å². The first-order chi connectivity index (χ1) is 14.1. The van der Waals surface area contributed by atoms with Crippen molar-refractivity contribution in [3.63, 3.8) is 0 Å². The quantitative estimate of drug-likeness (QED) is 0.429. The molecule has 3 heteroatoms. The van der Waals surface area contributed by atoms with E-state index in [4.69, 9.17) is 4.74 Å². The largest absolute Gasteiger partial charge is 0.492 e. The Morgan fingerprint density at radius 2 is 1.38 bits per heavy atom. The molecule has 0 radical (unpaired) electrons. The summed E-state index contributed by atoms with van der Waals surface area (Å²) >= 11 is 0. The van der Waals surface area contributed by atoms with Gasteiger partial charge in [0.2, 0.25) is 0 Å². The zero-order valence-electron chi connectivity index (χ0n) is 17.4. The highest BCUT2D eigenvalue weighted by atomic mass is 19.1. The van der Waals surface area contributed by atoms with Crippen molar-refractivity contribution in [2.75, 3.05) is 27.2 Å². The summed E-state index contributed by atoms with van der Waals surface area (Å²) in [7, 11) is 4.06. The van der Waals surface area contributed by atoms with Crippen LogP contribution in [0.4, 0.5) is 4.39 Å². The molecule has 0 atom stereocenters. The van der Waals surface area contributed by atoms with Gasteiger partial charge >= 0.3 is 0 Å². The maximum absolute atomic E-state index is 13.6. The molecular weight excluding hydrogens is 361 g/mol. The topological polar surface area (TPSA) is 12.5 Å². The van der Waals surface area contributed by atoms with Crippen LogP contribution >= 0.6 is 0 Å². The van der Waals surface area contributed by atoms with Crippen LogP contribution in [0.15, 0.2) is 78.9 Å². The number of rotatable bonds is 8. The minimum absolute atomic E-state index is 0.226. The highest BCUT2D eigenvalue weighted by molar-refractivity contribution is 5.98. The summed E-state index contributed by atoms with van der Waals surface area (Å²) in [6.07, 6.45) is 0.873. The lowest BCUT2D eigenvalue weighted by atomic mass is 9.88. The molecule has 0 aliphatic carbocycles. The number of benzene rings is 3. The Morgan fingerprint density at radius 3 is 1.93 bits per heavy atom. The van der Waals surface area contributed by atoms with Gasteiger partial charge in [0.25, 0.3) is 0 Å². The van der Waals surface area contributed by atoms with E-state index in [1.54, 1.807) is 0 Å². The van der Waals surface area contributed by atoms with Crippen LogP contribution in [0, 0.1) is 5.82 Å². The van der Waals surface area contributed by atoms with E-state index < -0.39 is 0 Å². The van der Waals surface area contributed by atoms with Gasteiger partial charge in [-0.05, 0) is 72.6 Å². The maximum atomic E-state index is 13.6. The van der Waals surface area contributed by atoms with E-state index in [9.17, 15) is 4.39 Å². The fraction of sp³-hybridized carbons (Fsp3) is 0.231. The van der Waals surface area contributed by atoms with E-state index in [0.29, 0.717) is 6.61 Å². The monoisotopic (exact) mass is 389 g/mol. The lowest BCUT2D eigenvalue weighted by Gasteiger charge is -2.17. The number of halogens is 1. The number of likely N-dealkylation sites (N-methyl/N-ethyl adjacent to an activating group) is 1. The molecule has 0 amide bonds. The second-order valence-electron chi connectivity index (χ2n) is 7.26. The first-order valence-electron chi connectivity index (χ1n) is 10.0. The second kappa shape index (κ2) is 10.0. The van der Waals surface area contributed by atoms with Crippen molar-refractivity contribution in [3.8, 4) is 5.75 Å². The molecule has 150 valence electrons. The molecule has 0 fully saturated rings. The van der Waals surface area contributed by atoms with Gasteiger partial charge < -0.3 is 9.64 Å². The van der Waals surface area contributed by atoms with Crippen molar-refractivity contribution < 1.29 is 9.13 Å². The third-order valence-corrected chi connectivity index (χ3v) is 4.86. The molecule has 29 heavy (non-hydrogen) atoms. The van der Waals surface area contributed by atoms with Gasteiger partial charge in [0.05, 0.1) is 0 Å². The van der Waals surface area contributed by atoms with Gasteiger partial charge in [0, 0.05) is 6.54 Å². The zero-order valence-corrected chi connectivity index (χ0v) is 17.4. The van der Waals surface area contributed by atoms with Crippen molar-refractivity contribution in [2.45, 2.75) is 13.3 Å². The number of hydrogen-bond acceptors (Lipinski definition) is 2. The van der Waals surface area contributed by atoms with E-state index in [1.165, 1.54) is 23.3 Å². The average Bonchev–Trinajstić information content (AvgIpc) is 2.74. The molecule has 2 nitrogen and oxygen atoms in total. The number of ether oxygens (including phenoxy) is 1. The van der Waals surface area contributed by atoms with Crippen LogP contribution in [0.3, 0.4) is 0 Å². The van der Waals surface area contributed by atoms with Crippen molar-refractivity contribution in [1.29, 1.82) is 0 Å². The first-order valence-corrected chi connectivity index (χ1v) is 10.0. The Balaban J connectivity index is 2.02. The van der Waals surface area contributed by atoms with Gasteiger partial charge in [0.15, 0.2) is 0 Å². The Hall–Kier alpha value is -2.91. The summed E-state index contributed by atoms with van der Waals surface area (Å²) in [5.74, 6) is 0.627. The van der Waals surface area contributed by atoms with Crippen LogP contribution in [0.2, 0.25) is 0 Å². The van der Waals surface area contributed by atoms with Gasteiger partial charge in [-0.25, -0.2) is 4.39 Å². The van der Waals surface area contributed by atoms with Crippen molar-refractivity contribution in [2.24, 2.45) is 0 Å². The molecule has 3 aromatic rings. The predicted molar refractivity (Wildman–Crippen MR) is 120 cm³/mol. The zero-order chi connectivity index (χ0) is 20.6. The van der Waals surface area contributed by atoms with E-state index in [1.807, 2.05) is 44.4 Å². The smallest absolute Gasteiger partial charge is 0.123 e. The van der Waals surface area contributed by atoms with Crippen LogP contribution in [0.1, 0.15) is 30.0 Å². The minimum Gasteiger partial charge on any atom is -0.492 e. The lowest BCUT2D eigenvalue weighted by molar-refractivity contribution is 0.261. The second-order valence-corrected chi connectivity index (χ2v) is 7.26. The fourth-order valence-corrected chi connectivity index (χ4v) is 3.36. The number of nitrogens with zero attached hydrogens (tertiary/aromatic N) is 1. The molecule has 0 spiro atoms. The van der Waals surface area contributed by atoms with Crippen molar-refractivity contribution >= 4 is 11.1 Å². The van der Waals surface area contributed by atoms with Gasteiger partial charge in [-0.15, -0.1) is 0 Å². The Kier molecular flexibility index (Phi) is 7.20. The standard InChI is InChI=1S/C26H28FNO/c1-4-25(20-8-6-5-7-9-20)26(21-10-14-23(27)15-11-21)22-12-16-24(17-13-22)29-19-18-28(2)3/h5-17H,4,18-19H2,1-3H3. The van der Waals surface area contributed by atoms with E-state index >= 15 is 0 Å². The minimum atomic E-state index is -0.226. The fourth-order valence-electron chi connectivity index (χ4n) is 3.36. The summed E-state index contributed by atoms with van der Waals surface area (Å²) < 4.78 is 19.4. The third kappa shape index (κ3) is 5.55. The molecule has 3 aromatic carbocycles. The van der Waals surface area contributed by atoms with Crippen molar-refractivity contribution in [3.05, 3.63) is 101 Å². The molecule has 0 bridgehead atoms. The summed E-state index contributed by atoms with van der Waals surface area (Å²) in [4.78, 5) is 2.09. The Labute approximate surface area is 173 Å². The van der Waals surface area contributed by atoms with Crippen molar-refractivity contribution in [1.82, 2.24) is 4.90 Å². The molecule has 0 saturated carbocycles. The van der Waals surface area contributed by atoms with Gasteiger partial charge in [-0.2, -0.15) is 0 Å². The predicted octanol–water partition coefficient (Wildman–Crippen LogP) is 6.14. The van der Waals surface area contributed by atoms with Gasteiger partial charge in [-0.3, -0.25) is 0 Å². The highest BCUT2D eigenvalue weighted by Crippen LogP contribution is 2.35. The molecule has 0 aliphatic rings. The first kappa shape index (κ1) is 20.8. The summed E-state index contributed by atoms with van der Waals surface area (Å²) in [6.45, 7) is 3.68. The van der Waals surface area contributed by atoms with Gasteiger partial charge in [-0.1, -0.05) is 61.5 Å². The van der Waals surface area contributed by atoms with E-state index in [0.717, 1.165) is 35.4 Å². The maximum Gasteiger partial charge on any atom is 0.123 e. The summed E-state index contributed by atoms with van der Waals surface area (Å²) in [5, 5.41) is 0. The molecule has 0 aromatic heterocycles. The molecule has 3 rings (SSSR count). The SMILES string of the molecule is CCC(=C(c1ccc(F)cc1)c1ccc(OCCN(C)C)cc1)c1ccccc1. The van der Waals surface area contributed by atoms with E-state index in [2.05, 4.69) is 48.2 Å². The molecule has 0 aliphatic heterocycles. The Morgan fingerprint density at radius 1 is 0.793 bits per heavy atom. The van der Waals surface area contributed by atoms with Crippen LogP contribution in [0.5, 0.6) is 5.75 Å². The highest BCUT2D eigenvalue weighted by Gasteiger charge is 2.13. The summed E-state index contributed by atoms with van der Waals surface area (Å²) in [5.41, 5.74) is 5.64. The molecular formula is C26H28FNO. The third-order valence-electron chi connectivity index (χ3n) is 4.86.